The Morgan fingerprint density at radius 2 is 1.88 bits per heavy atom. The van der Waals surface area contributed by atoms with E-state index in [0.717, 1.165) is 21.8 Å². The van der Waals surface area contributed by atoms with Crippen molar-refractivity contribution in [2.45, 2.75) is 18.2 Å². The van der Waals surface area contributed by atoms with E-state index < -0.39 is 10.0 Å². The van der Waals surface area contributed by atoms with E-state index in [2.05, 4.69) is 14.7 Å². The normalized spacial score (nSPS) is 11.5. The summed E-state index contributed by atoms with van der Waals surface area (Å²) in [5.74, 6) is 0. The average molecular weight is 359 g/mol. The maximum Gasteiger partial charge on any atom is 0.240 e. The number of aromatic nitrogens is 2. The van der Waals surface area contributed by atoms with E-state index in [1.165, 1.54) is 0 Å². The van der Waals surface area contributed by atoms with Gasteiger partial charge in [0.2, 0.25) is 10.0 Å². The zero-order valence-electron chi connectivity index (χ0n) is 13.1. The molecule has 2 heterocycles. The lowest BCUT2D eigenvalue weighted by Gasteiger charge is -2.08. The van der Waals surface area contributed by atoms with E-state index in [0.29, 0.717) is 17.9 Å². The molecule has 2 aromatic heterocycles. The van der Waals surface area contributed by atoms with Crippen LogP contribution in [0.3, 0.4) is 0 Å². The maximum atomic E-state index is 12.3. The van der Waals surface area contributed by atoms with Gasteiger partial charge in [-0.2, -0.15) is 0 Å². The van der Waals surface area contributed by atoms with Crippen LogP contribution in [-0.4, -0.2) is 24.9 Å². The van der Waals surface area contributed by atoms with Gasteiger partial charge in [-0.25, -0.2) is 18.1 Å². The lowest BCUT2D eigenvalue weighted by atomic mass is 10.2. The Morgan fingerprint density at radius 3 is 2.62 bits per heavy atom. The first-order valence-corrected chi connectivity index (χ1v) is 9.82. The Hall–Kier alpha value is -2.09. The molecule has 0 saturated carbocycles. The number of sulfonamides is 1. The predicted octanol–water partition coefficient (Wildman–Crippen LogP) is 3.03. The number of thiazole rings is 1. The van der Waals surface area contributed by atoms with Crippen LogP contribution in [0.25, 0.3) is 10.6 Å². The van der Waals surface area contributed by atoms with E-state index in [-0.39, 0.29) is 0 Å². The monoisotopic (exact) mass is 359 g/mol. The van der Waals surface area contributed by atoms with E-state index in [9.17, 15) is 8.42 Å². The third kappa shape index (κ3) is 3.87. The van der Waals surface area contributed by atoms with Crippen molar-refractivity contribution < 1.29 is 8.42 Å². The smallest absolute Gasteiger partial charge is 0.240 e. The van der Waals surface area contributed by atoms with Crippen LogP contribution in [0.15, 0.2) is 59.1 Å². The van der Waals surface area contributed by atoms with Crippen LogP contribution in [-0.2, 0) is 16.4 Å². The summed E-state index contributed by atoms with van der Waals surface area (Å²) in [4.78, 5) is 8.86. The molecular formula is C17H17N3O2S2. The summed E-state index contributed by atoms with van der Waals surface area (Å²) in [6, 6.07) is 10.8. The van der Waals surface area contributed by atoms with Crippen LogP contribution >= 0.6 is 11.3 Å². The molecule has 0 aliphatic rings. The third-order valence-corrected chi connectivity index (χ3v) is 6.10. The van der Waals surface area contributed by atoms with Crippen LogP contribution < -0.4 is 4.72 Å². The molecule has 0 unspecified atom stereocenters. The van der Waals surface area contributed by atoms with Gasteiger partial charge in [0.1, 0.15) is 5.01 Å². The van der Waals surface area contributed by atoms with Crippen LogP contribution in [0, 0.1) is 6.92 Å². The summed E-state index contributed by atoms with van der Waals surface area (Å²) >= 11 is 1.54. The van der Waals surface area contributed by atoms with Crippen molar-refractivity contribution in [2.75, 3.05) is 6.54 Å². The summed E-state index contributed by atoms with van der Waals surface area (Å²) in [5, 5.41) is 2.87. The van der Waals surface area contributed by atoms with Gasteiger partial charge in [-0.1, -0.05) is 18.2 Å². The van der Waals surface area contributed by atoms with Gasteiger partial charge in [0.25, 0.3) is 0 Å². The summed E-state index contributed by atoms with van der Waals surface area (Å²) < 4.78 is 27.3. The zero-order valence-corrected chi connectivity index (χ0v) is 14.8. The highest BCUT2D eigenvalue weighted by Gasteiger charge is 2.15. The van der Waals surface area contributed by atoms with Crippen LogP contribution in [0.4, 0.5) is 0 Å². The van der Waals surface area contributed by atoms with Crippen molar-refractivity contribution in [3.8, 4) is 10.6 Å². The van der Waals surface area contributed by atoms with E-state index in [1.54, 1.807) is 48.9 Å². The molecule has 0 bridgehead atoms. The van der Waals surface area contributed by atoms with Crippen molar-refractivity contribution in [2.24, 2.45) is 0 Å². The van der Waals surface area contributed by atoms with Gasteiger partial charge in [-0.3, -0.25) is 4.98 Å². The van der Waals surface area contributed by atoms with Crippen molar-refractivity contribution >= 4 is 21.4 Å². The predicted molar refractivity (Wildman–Crippen MR) is 95.4 cm³/mol. The molecule has 0 amide bonds. The number of hydrogen-bond donors (Lipinski definition) is 1. The second kappa shape index (κ2) is 7.21. The molecule has 0 fully saturated rings. The van der Waals surface area contributed by atoms with Crippen LogP contribution in [0.5, 0.6) is 0 Å². The largest absolute Gasteiger partial charge is 0.265 e. The number of rotatable bonds is 6. The molecule has 124 valence electrons. The van der Waals surface area contributed by atoms with Crippen molar-refractivity contribution in [1.29, 1.82) is 0 Å². The lowest BCUT2D eigenvalue weighted by molar-refractivity contribution is 0.581. The van der Waals surface area contributed by atoms with Gasteiger partial charge < -0.3 is 0 Å². The molecule has 0 aliphatic carbocycles. The molecule has 0 saturated heterocycles. The van der Waals surface area contributed by atoms with Crippen LogP contribution in [0.2, 0.25) is 0 Å². The maximum absolute atomic E-state index is 12.3. The van der Waals surface area contributed by atoms with Gasteiger partial charge in [0.15, 0.2) is 0 Å². The number of aryl methyl sites for hydroxylation is 1. The average Bonchev–Trinajstić information content (AvgIpc) is 3.05. The highest BCUT2D eigenvalue weighted by atomic mass is 32.2. The molecule has 0 atom stereocenters. The van der Waals surface area contributed by atoms with Gasteiger partial charge in [0, 0.05) is 36.3 Å². The van der Waals surface area contributed by atoms with Crippen molar-refractivity contribution in [1.82, 2.24) is 14.7 Å². The fourth-order valence-corrected chi connectivity index (χ4v) is 4.43. The SMILES string of the molecule is Cc1ccccc1S(=O)(=O)NCCc1csc(-c2ccncc2)n1. The quantitative estimate of drug-likeness (QED) is 0.734. The molecule has 1 N–H and O–H groups in total. The Balaban J connectivity index is 1.63. The molecule has 24 heavy (non-hydrogen) atoms. The first-order chi connectivity index (χ1) is 11.6. The highest BCUT2D eigenvalue weighted by Crippen LogP contribution is 2.23. The molecule has 1 aromatic carbocycles. The molecule has 0 spiro atoms. The first kappa shape index (κ1) is 16.8. The molecule has 3 rings (SSSR count). The molecule has 7 heteroatoms. The summed E-state index contributed by atoms with van der Waals surface area (Å²) in [5.41, 5.74) is 2.62. The van der Waals surface area contributed by atoms with Crippen molar-refractivity contribution in [3.63, 3.8) is 0 Å². The summed E-state index contributed by atoms with van der Waals surface area (Å²) in [7, 11) is -3.49. The minimum Gasteiger partial charge on any atom is -0.265 e. The summed E-state index contributed by atoms with van der Waals surface area (Å²) in [6.45, 7) is 2.10. The number of pyridine rings is 1. The number of hydrogen-bond acceptors (Lipinski definition) is 5. The molecule has 0 aliphatic heterocycles. The summed E-state index contributed by atoms with van der Waals surface area (Å²) in [6.07, 6.45) is 4.01. The Bertz CT molecular complexity index is 922. The fraction of sp³-hybridized carbons (Fsp3) is 0.176. The fourth-order valence-electron chi connectivity index (χ4n) is 2.30. The zero-order chi connectivity index (χ0) is 17.0. The highest BCUT2D eigenvalue weighted by molar-refractivity contribution is 7.89. The number of benzene rings is 1. The first-order valence-electron chi connectivity index (χ1n) is 7.46. The Morgan fingerprint density at radius 1 is 1.12 bits per heavy atom. The standard InChI is InChI=1S/C17H17N3O2S2/c1-13-4-2-3-5-16(13)24(21,22)19-11-8-15-12-23-17(20-15)14-6-9-18-10-7-14/h2-7,9-10,12,19H,8,11H2,1H3. The Kier molecular flexibility index (Phi) is 5.03. The van der Waals surface area contributed by atoms with E-state index in [4.69, 9.17) is 0 Å². The molecule has 3 aromatic rings. The second-order valence-electron chi connectivity index (χ2n) is 5.29. The topological polar surface area (TPSA) is 72.0 Å². The second-order valence-corrected chi connectivity index (χ2v) is 7.89. The van der Waals surface area contributed by atoms with Gasteiger partial charge in [0.05, 0.1) is 10.6 Å². The van der Waals surface area contributed by atoms with E-state index >= 15 is 0 Å². The minimum absolute atomic E-state index is 0.316. The lowest BCUT2D eigenvalue weighted by Crippen LogP contribution is -2.26. The number of nitrogens with zero attached hydrogens (tertiary/aromatic N) is 2. The van der Waals surface area contributed by atoms with E-state index in [1.807, 2.05) is 23.6 Å². The molecule has 0 radical (unpaired) electrons. The minimum atomic E-state index is -3.49. The third-order valence-electron chi connectivity index (χ3n) is 3.54. The Labute approximate surface area is 145 Å². The molecular weight excluding hydrogens is 342 g/mol. The molecule has 5 nitrogen and oxygen atoms in total. The van der Waals surface area contributed by atoms with Gasteiger partial charge in [-0.15, -0.1) is 11.3 Å². The van der Waals surface area contributed by atoms with Gasteiger partial charge in [-0.05, 0) is 30.7 Å². The van der Waals surface area contributed by atoms with Gasteiger partial charge >= 0.3 is 0 Å². The van der Waals surface area contributed by atoms with Crippen LogP contribution in [0.1, 0.15) is 11.3 Å². The van der Waals surface area contributed by atoms with Crippen molar-refractivity contribution in [3.05, 3.63) is 65.4 Å². The number of nitrogens with one attached hydrogen (secondary N) is 1.